The Labute approximate surface area is 214 Å². The molecule has 37 heavy (non-hydrogen) atoms. The molecule has 5 heteroatoms. The van der Waals surface area contributed by atoms with Gasteiger partial charge in [-0.1, -0.05) is 60.7 Å². The SMILES string of the molecule is C1=Cc2c(c3ccccc3n2-c2cccc(-c3cccc(-c4ccccc4-c4ccccn4)n3)n2)CN1. The largest absolute Gasteiger partial charge is 0.387 e. The van der Waals surface area contributed by atoms with Gasteiger partial charge in [0.25, 0.3) is 0 Å². The first kappa shape index (κ1) is 21.3. The van der Waals surface area contributed by atoms with Crippen molar-refractivity contribution < 1.29 is 0 Å². The van der Waals surface area contributed by atoms with Gasteiger partial charge in [-0.3, -0.25) is 9.55 Å². The van der Waals surface area contributed by atoms with Gasteiger partial charge in [-0.05, 0) is 54.7 Å². The minimum absolute atomic E-state index is 0.804. The van der Waals surface area contributed by atoms with Gasteiger partial charge in [-0.25, -0.2) is 9.97 Å². The van der Waals surface area contributed by atoms with E-state index in [1.54, 1.807) is 0 Å². The molecule has 0 aliphatic carbocycles. The topological polar surface area (TPSA) is 55.6 Å². The lowest BCUT2D eigenvalue weighted by molar-refractivity contribution is 0.852. The summed E-state index contributed by atoms with van der Waals surface area (Å²) in [4.78, 5) is 14.7. The van der Waals surface area contributed by atoms with Gasteiger partial charge in [-0.15, -0.1) is 0 Å². The average Bonchev–Trinajstić information content (AvgIpc) is 3.32. The van der Waals surface area contributed by atoms with Gasteiger partial charge in [0.15, 0.2) is 0 Å². The Balaban J connectivity index is 1.34. The second-order valence-corrected chi connectivity index (χ2v) is 8.98. The highest BCUT2D eigenvalue weighted by Crippen LogP contribution is 2.33. The van der Waals surface area contributed by atoms with Crippen molar-refractivity contribution in [2.75, 3.05) is 0 Å². The molecule has 7 rings (SSSR count). The number of para-hydroxylation sites is 1. The first-order valence-electron chi connectivity index (χ1n) is 12.3. The summed E-state index contributed by atoms with van der Waals surface area (Å²) in [7, 11) is 0. The molecule has 0 spiro atoms. The smallest absolute Gasteiger partial charge is 0.138 e. The van der Waals surface area contributed by atoms with Crippen molar-refractivity contribution in [1.29, 1.82) is 0 Å². The van der Waals surface area contributed by atoms with E-state index in [0.717, 1.165) is 57.5 Å². The Bertz CT molecular complexity index is 1780. The van der Waals surface area contributed by atoms with Gasteiger partial charge in [0.1, 0.15) is 5.82 Å². The third-order valence-electron chi connectivity index (χ3n) is 6.78. The standard InChI is InChI=1S/C32H23N5/c1-2-10-23(22(9-1)26-12-5-6-19-34-26)27-13-7-14-28(35-27)29-15-8-17-32(36-29)37-30-16-4-3-11-24(30)25-21-33-20-18-31(25)37/h1-20,33H,21H2. The fourth-order valence-electron chi connectivity index (χ4n) is 5.10. The number of benzene rings is 2. The number of pyridine rings is 3. The summed E-state index contributed by atoms with van der Waals surface area (Å²) >= 11 is 0. The Morgan fingerprint density at radius 2 is 1.32 bits per heavy atom. The minimum atomic E-state index is 0.804. The number of fused-ring (bicyclic) bond motifs is 3. The van der Waals surface area contributed by atoms with Crippen LogP contribution >= 0.6 is 0 Å². The van der Waals surface area contributed by atoms with E-state index in [9.17, 15) is 0 Å². The van der Waals surface area contributed by atoms with Crippen LogP contribution in [0.3, 0.4) is 0 Å². The molecule has 0 saturated carbocycles. The summed E-state index contributed by atoms with van der Waals surface area (Å²) < 4.78 is 2.24. The first-order chi connectivity index (χ1) is 18.4. The van der Waals surface area contributed by atoms with Crippen molar-refractivity contribution >= 4 is 17.0 Å². The molecule has 0 saturated heterocycles. The van der Waals surface area contributed by atoms with Crippen molar-refractivity contribution in [2.45, 2.75) is 6.54 Å². The zero-order valence-corrected chi connectivity index (χ0v) is 20.0. The molecule has 5 nitrogen and oxygen atoms in total. The summed E-state index contributed by atoms with van der Waals surface area (Å²) in [6.07, 6.45) is 5.95. The van der Waals surface area contributed by atoms with E-state index in [-0.39, 0.29) is 0 Å². The summed E-state index contributed by atoms with van der Waals surface area (Å²) in [5.41, 5.74) is 9.18. The summed E-state index contributed by atoms with van der Waals surface area (Å²) in [5, 5.41) is 4.59. The van der Waals surface area contributed by atoms with Crippen LogP contribution in [0.2, 0.25) is 0 Å². The van der Waals surface area contributed by atoms with Crippen molar-refractivity contribution in [3.63, 3.8) is 0 Å². The van der Waals surface area contributed by atoms with E-state index >= 15 is 0 Å². The van der Waals surface area contributed by atoms with Crippen molar-refractivity contribution in [3.05, 3.63) is 127 Å². The summed E-state index contributed by atoms with van der Waals surface area (Å²) in [5.74, 6) is 0.877. The van der Waals surface area contributed by atoms with Crippen LogP contribution in [0.15, 0.2) is 116 Å². The predicted octanol–water partition coefficient (Wildman–Crippen LogP) is 6.89. The third-order valence-corrected chi connectivity index (χ3v) is 6.78. The quantitative estimate of drug-likeness (QED) is 0.300. The highest BCUT2D eigenvalue weighted by Gasteiger charge is 2.19. The molecule has 1 aliphatic heterocycles. The highest BCUT2D eigenvalue weighted by molar-refractivity contribution is 5.90. The van der Waals surface area contributed by atoms with Crippen molar-refractivity contribution in [1.82, 2.24) is 24.8 Å². The first-order valence-corrected chi connectivity index (χ1v) is 12.3. The molecule has 0 radical (unpaired) electrons. The number of nitrogens with zero attached hydrogens (tertiary/aromatic N) is 4. The van der Waals surface area contributed by atoms with Gasteiger partial charge in [0, 0.05) is 34.8 Å². The Kier molecular flexibility index (Phi) is 5.10. The molecule has 1 N–H and O–H groups in total. The van der Waals surface area contributed by atoms with Crippen LogP contribution in [0.5, 0.6) is 0 Å². The Morgan fingerprint density at radius 1 is 0.622 bits per heavy atom. The fourth-order valence-corrected chi connectivity index (χ4v) is 5.10. The van der Waals surface area contributed by atoms with Gasteiger partial charge in [0.05, 0.1) is 34.0 Å². The normalized spacial score (nSPS) is 12.3. The van der Waals surface area contributed by atoms with Crippen LogP contribution < -0.4 is 5.32 Å². The second kappa shape index (κ2) is 8.88. The molecule has 0 bridgehead atoms. The lowest BCUT2D eigenvalue weighted by Gasteiger charge is -2.13. The summed E-state index contributed by atoms with van der Waals surface area (Å²) in [6, 6.07) is 35.0. The predicted molar refractivity (Wildman–Crippen MR) is 149 cm³/mol. The number of hydrogen-bond donors (Lipinski definition) is 1. The molecule has 4 aromatic heterocycles. The van der Waals surface area contributed by atoms with Crippen LogP contribution in [0.25, 0.3) is 56.7 Å². The minimum Gasteiger partial charge on any atom is -0.387 e. The maximum absolute atomic E-state index is 5.09. The molecule has 0 atom stereocenters. The molecule has 0 unspecified atom stereocenters. The molecule has 1 aliphatic rings. The average molecular weight is 478 g/mol. The van der Waals surface area contributed by atoms with E-state index in [2.05, 4.69) is 69.5 Å². The molecule has 176 valence electrons. The van der Waals surface area contributed by atoms with Crippen molar-refractivity contribution in [2.24, 2.45) is 0 Å². The van der Waals surface area contributed by atoms with Gasteiger partial charge in [-0.2, -0.15) is 0 Å². The molecular formula is C32H23N5. The molecule has 2 aromatic carbocycles. The lowest BCUT2D eigenvalue weighted by atomic mass is 10.0. The summed E-state index contributed by atoms with van der Waals surface area (Å²) in [6.45, 7) is 0.804. The van der Waals surface area contributed by atoms with E-state index in [1.165, 1.54) is 10.9 Å². The maximum atomic E-state index is 5.09. The number of hydrogen-bond acceptors (Lipinski definition) is 4. The molecule has 6 aromatic rings. The fraction of sp³-hybridized carbons (Fsp3) is 0.0312. The third kappa shape index (κ3) is 3.69. The zero-order valence-electron chi connectivity index (χ0n) is 20.0. The number of rotatable bonds is 4. The van der Waals surface area contributed by atoms with E-state index in [4.69, 9.17) is 9.97 Å². The molecular weight excluding hydrogens is 454 g/mol. The Morgan fingerprint density at radius 3 is 2.19 bits per heavy atom. The molecule has 0 fully saturated rings. The number of nitrogens with one attached hydrogen (secondary N) is 1. The van der Waals surface area contributed by atoms with Crippen LogP contribution in [0, 0.1) is 0 Å². The zero-order chi connectivity index (χ0) is 24.6. The van der Waals surface area contributed by atoms with Crippen LogP contribution in [-0.2, 0) is 6.54 Å². The molecule has 0 amide bonds. The molecule has 5 heterocycles. The van der Waals surface area contributed by atoms with Gasteiger partial charge in [0.2, 0.25) is 0 Å². The van der Waals surface area contributed by atoms with E-state index < -0.39 is 0 Å². The van der Waals surface area contributed by atoms with E-state index in [1.807, 2.05) is 67.0 Å². The van der Waals surface area contributed by atoms with Crippen LogP contribution in [0.4, 0.5) is 0 Å². The van der Waals surface area contributed by atoms with Crippen LogP contribution in [-0.4, -0.2) is 19.5 Å². The van der Waals surface area contributed by atoms with Crippen molar-refractivity contribution in [3.8, 4) is 39.7 Å². The monoisotopic (exact) mass is 477 g/mol. The van der Waals surface area contributed by atoms with Gasteiger partial charge >= 0.3 is 0 Å². The van der Waals surface area contributed by atoms with Crippen LogP contribution in [0.1, 0.15) is 11.3 Å². The Hall–Kier alpha value is -5.03. The highest BCUT2D eigenvalue weighted by atomic mass is 15.1. The number of aromatic nitrogens is 4. The van der Waals surface area contributed by atoms with E-state index in [0.29, 0.717) is 0 Å². The van der Waals surface area contributed by atoms with Gasteiger partial charge < -0.3 is 5.32 Å². The maximum Gasteiger partial charge on any atom is 0.138 e. The lowest BCUT2D eigenvalue weighted by Crippen LogP contribution is -2.11. The second-order valence-electron chi connectivity index (χ2n) is 8.98.